The van der Waals surface area contributed by atoms with Crippen LogP contribution in [0, 0.1) is 0 Å². The molecular weight excluding hydrogens is 301 g/mol. The van der Waals surface area contributed by atoms with Crippen LogP contribution in [0.4, 0.5) is 0 Å². The van der Waals surface area contributed by atoms with Gasteiger partial charge in [-0.25, -0.2) is 17.9 Å². The highest BCUT2D eigenvalue weighted by Gasteiger charge is 2.20. The second-order valence-corrected chi connectivity index (χ2v) is 5.83. The Morgan fingerprint density at radius 1 is 1.33 bits per heavy atom. The van der Waals surface area contributed by atoms with Gasteiger partial charge in [-0.3, -0.25) is 0 Å². The zero-order valence-electron chi connectivity index (χ0n) is 9.15. The van der Waals surface area contributed by atoms with Crippen molar-refractivity contribution in [2.24, 2.45) is 0 Å². The van der Waals surface area contributed by atoms with Crippen LogP contribution in [0.1, 0.15) is 5.56 Å². The molecule has 2 N–H and O–H groups in total. The Morgan fingerprint density at radius 2 is 1.83 bits per heavy atom. The van der Waals surface area contributed by atoms with E-state index in [0.29, 0.717) is 5.56 Å². The molecule has 0 saturated heterocycles. The highest BCUT2D eigenvalue weighted by Crippen LogP contribution is 2.31. The summed E-state index contributed by atoms with van der Waals surface area (Å²) < 4.78 is 25.4. The van der Waals surface area contributed by atoms with Crippen LogP contribution in [0.3, 0.4) is 0 Å². The molecule has 0 radical (unpaired) electrons. The van der Waals surface area contributed by atoms with Crippen molar-refractivity contribution >= 4 is 45.3 Å². The van der Waals surface area contributed by atoms with E-state index in [1.807, 2.05) is 0 Å². The van der Waals surface area contributed by atoms with Gasteiger partial charge < -0.3 is 5.11 Å². The van der Waals surface area contributed by atoms with Crippen LogP contribution in [-0.4, -0.2) is 26.5 Å². The number of nitrogens with one attached hydrogen (secondary N) is 1. The van der Waals surface area contributed by atoms with Crippen molar-refractivity contribution in [2.75, 3.05) is 7.05 Å². The second kappa shape index (κ2) is 5.71. The summed E-state index contributed by atoms with van der Waals surface area (Å²) in [6.45, 7) is 0. The van der Waals surface area contributed by atoms with Crippen molar-refractivity contribution in [1.29, 1.82) is 0 Å². The van der Waals surface area contributed by atoms with Gasteiger partial charge in [0.25, 0.3) is 0 Å². The molecule has 0 unspecified atom stereocenters. The van der Waals surface area contributed by atoms with Gasteiger partial charge in [0, 0.05) is 6.08 Å². The molecule has 1 aromatic carbocycles. The summed E-state index contributed by atoms with van der Waals surface area (Å²) >= 11 is 11.7. The zero-order chi connectivity index (χ0) is 13.9. The molecule has 8 heteroatoms. The Balaban J connectivity index is 3.34. The molecular formula is C10H9Cl2NO4S. The van der Waals surface area contributed by atoms with Crippen molar-refractivity contribution in [3.05, 3.63) is 33.8 Å². The Morgan fingerprint density at radius 3 is 2.22 bits per heavy atom. The lowest BCUT2D eigenvalue weighted by Gasteiger charge is -2.08. The molecule has 0 spiro atoms. The maximum absolute atomic E-state index is 11.6. The fourth-order valence-electron chi connectivity index (χ4n) is 1.20. The van der Waals surface area contributed by atoms with E-state index in [1.165, 1.54) is 25.3 Å². The monoisotopic (exact) mass is 309 g/mol. The third-order valence-corrected chi connectivity index (χ3v) is 4.31. The lowest BCUT2D eigenvalue weighted by Crippen LogP contribution is -2.19. The molecule has 0 fully saturated rings. The van der Waals surface area contributed by atoms with Crippen LogP contribution < -0.4 is 4.72 Å². The first-order valence-electron chi connectivity index (χ1n) is 4.61. The van der Waals surface area contributed by atoms with E-state index in [9.17, 15) is 13.2 Å². The van der Waals surface area contributed by atoms with Crippen LogP contribution >= 0.6 is 23.2 Å². The average Bonchev–Trinajstić information content (AvgIpc) is 2.25. The fourth-order valence-corrected chi connectivity index (χ4v) is 3.15. The summed E-state index contributed by atoms with van der Waals surface area (Å²) in [5.41, 5.74) is 0.391. The summed E-state index contributed by atoms with van der Waals surface area (Å²) in [5.74, 6) is -1.13. The zero-order valence-corrected chi connectivity index (χ0v) is 11.5. The predicted molar refractivity (Wildman–Crippen MR) is 69.4 cm³/mol. The Hall–Kier alpha value is -1.08. The summed E-state index contributed by atoms with van der Waals surface area (Å²) in [6.07, 6.45) is 2.16. The van der Waals surface area contributed by atoms with E-state index >= 15 is 0 Å². The smallest absolute Gasteiger partial charge is 0.328 e. The van der Waals surface area contributed by atoms with Crippen LogP contribution in [0.15, 0.2) is 23.1 Å². The minimum absolute atomic E-state index is 0.0816. The number of sulfonamides is 1. The molecule has 0 aliphatic rings. The summed E-state index contributed by atoms with van der Waals surface area (Å²) in [7, 11) is -2.53. The molecule has 0 aliphatic carbocycles. The summed E-state index contributed by atoms with van der Waals surface area (Å²) in [4.78, 5) is 10.1. The fraction of sp³-hybridized carbons (Fsp3) is 0.100. The first-order chi connectivity index (χ1) is 8.27. The molecule has 0 atom stereocenters. The number of hydrogen-bond donors (Lipinski definition) is 2. The number of rotatable bonds is 4. The van der Waals surface area contributed by atoms with Gasteiger partial charge in [0.15, 0.2) is 0 Å². The van der Waals surface area contributed by atoms with Crippen molar-refractivity contribution in [2.45, 2.75) is 4.90 Å². The van der Waals surface area contributed by atoms with Crippen LogP contribution in [0.25, 0.3) is 6.08 Å². The number of benzene rings is 1. The van der Waals surface area contributed by atoms with E-state index < -0.39 is 16.0 Å². The maximum atomic E-state index is 11.6. The highest BCUT2D eigenvalue weighted by molar-refractivity contribution is 7.89. The normalized spacial score (nSPS) is 11.9. The molecule has 1 rings (SSSR count). The molecule has 98 valence electrons. The molecule has 18 heavy (non-hydrogen) atoms. The van der Waals surface area contributed by atoms with Crippen molar-refractivity contribution in [3.8, 4) is 0 Å². The third kappa shape index (κ3) is 3.46. The number of hydrogen-bond acceptors (Lipinski definition) is 3. The number of carboxylic acid groups (broad SMARTS) is 1. The quantitative estimate of drug-likeness (QED) is 0.833. The molecule has 0 aliphatic heterocycles. The van der Waals surface area contributed by atoms with Gasteiger partial charge in [-0.15, -0.1) is 0 Å². The van der Waals surface area contributed by atoms with Crippen LogP contribution in [0.2, 0.25) is 10.0 Å². The minimum Gasteiger partial charge on any atom is -0.478 e. The Labute approximate surface area is 114 Å². The van der Waals surface area contributed by atoms with Gasteiger partial charge in [-0.1, -0.05) is 23.2 Å². The average molecular weight is 310 g/mol. The molecule has 0 saturated carbocycles. The summed E-state index contributed by atoms with van der Waals surface area (Å²) in [6, 6.07) is 2.63. The SMILES string of the molecule is CNS(=O)(=O)c1c(Cl)cc(/C=C/C(=O)O)cc1Cl. The predicted octanol–water partition coefficient (Wildman–Crippen LogP) is 2.00. The number of carboxylic acids is 1. The van der Waals surface area contributed by atoms with Gasteiger partial charge in [0.2, 0.25) is 10.0 Å². The lowest BCUT2D eigenvalue weighted by molar-refractivity contribution is -0.131. The van der Waals surface area contributed by atoms with Crippen molar-refractivity contribution in [3.63, 3.8) is 0 Å². The molecule has 1 aromatic rings. The Bertz CT molecular complexity index is 587. The van der Waals surface area contributed by atoms with Crippen LogP contribution in [-0.2, 0) is 14.8 Å². The minimum atomic E-state index is -3.76. The first-order valence-corrected chi connectivity index (χ1v) is 6.85. The van der Waals surface area contributed by atoms with E-state index in [2.05, 4.69) is 4.72 Å². The Kier molecular flexibility index (Phi) is 4.75. The number of aliphatic carboxylic acids is 1. The summed E-state index contributed by atoms with van der Waals surface area (Å²) in [5, 5.41) is 8.31. The molecule has 0 bridgehead atoms. The van der Waals surface area contributed by atoms with Gasteiger partial charge >= 0.3 is 5.97 Å². The largest absolute Gasteiger partial charge is 0.478 e. The topological polar surface area (TPSA) is 83.5 Å². The van der Waals surface area contributed by atoms with Crippen molar-refractivity contribution in [1.82, 2.24) is 4.72 Å². The molecule has 5 nitrogen and oxygen atoms in total. The van der Waals surface area contributed by atoms with Crippen molar-refractivity contribution < 1.29 is 18.3 Å². The first kappa shape index (κ1) is 15.0. The lowest BCUT2D eigenvalue weighted by atomic mass is 10.2. The molecule has 0 amide bonds. The standard InChI is InChI=1S/C10H9Cl2NO4S/c1-13-18(16,17)10-7(11)4-6(5-8(10)12)2-3-9(14)15/h2-5,13H,1H3,(H,14,15)/b3-2+. The molecule has 0 heterocycles. The van der Waals surface area contributed by atoms with Gasteiger partial charge in [-0.2, -0.15) is 0 Å². The number of halogens is 2. The molecule has 0 aromatic heterocycles. The third-order valence-electron chi connectivity index (χ3n) is 1.98. The highest BCUT2D eigenvalue weighted by atomic mass is 35.5. The van der Waals surface area contributed by atoms with Crippen LogP contribution in [0.5, 0.6) is 0 Å². The van der Waals surface area contributed by atoms with Gasteiger partial charge in [0.05, 0.1) is 10.0 Å². The number of carbonyl (C=O) groups is 1. The van der Waals surface area contributed by atoms with E-state index in [0.717, 1.165) is 6.08 Å². The van der Waals surface area contributed by atoms with Gasteiger partial charge in [0.1, 0.15) is 4.90 Å². The second-order valence-electron chi connectivity index (χ2n) is 3.19. The van der Waals surface area contributed by atoms with E-state index in [4.69, 9.17) is 28.3 Å². The maximum Gasteiger partial charge on any atom is 0.328 e. The van der Waals surface area contributed by atoms with E-state index in [-0.39, 0.29) is 14.9 Å². The van der Waals surface area contributed by atoms with E-state index in [1.54, 1.807) is 0 Å². The van der Waals surface area contributed by atoms with Gasteiger partial charge in [-0.05, 0) is 30.8 Å².